The molecule has 120 valence electrons. The summed E-state index contributed by atoms with van der Waals surface area (Å²) in [6, 6.07) is 4.90. The lowest BCUT2D eigenvalue weighted by Crippen LogP contribution is -2.07. The predicted octanol–water partition coefficient (Wildman–Crippen LogP) is 2.46. The van der Waals surface area contributed by atoms with Gasteiger partial charge < -0.3 is 9.52 Å². The van der Waals surface area contributed by atoms with Crippen LogP contribution in [0.1, 0.15) is 10.4 Å². The molecule has 0 unspecified atom stereocenters. The minimum atomic E-state index is -1.51. The minimum absolute atomic E-state index is 0.0607. The average Bonchev–Trinajstić information content (AvgIpc) is 2.53. The van der Waals surface area contributed by atoms with Crippen LogP contribution in [-0.2, 0) is 0 Å². The van der Waals surface area contributed by atoms with Crippen molar-refractivity contribution in [1.29, 1.82) is 0 Å². The zero-order valence-electron chi connectivity index (χ0n) is 11.6. The molecular formula is C14H6N2O8. The van der Waals surface area contributed by atoms with Gasteiger partial charge >= 0.3 is 5.97 Å². The second kappa shape index (κ2) is 5.12. The highest BCUT2D eigenvalue weighted by Crippen LogP contribution is 2.28. The summed E-state index contributed by atoms with van der Waals surface area (Å²) < 4.78 is 5.36. The quantitative estimate of drug-likeness (QED) is 0.436. The van der Waals surface area contributed by atoms with Gasteiger partial charge in [0.05, 0.1) is 20.6 Å². The number of fused-ring (bicyclic) bond motifs is 2. The van der Waals surface area contributed by atoms with E-state index in [9.17, 15) is 34.9 Å². The Morgan fingerprint density at radius 1 is 1.00 bits per heavy atom. The molecule has 0 spiro atoms. The maximum atomic E-state index is 12.5. The Balaban J connectivity index is 2.52. The number of aromatic carboxylic acids is 1. The maximum Gasteiger partial charge on any atom is 0.339 e. The second-order valence-corrected chi connectivity index (χ2v) is 4.80. The lowest BCUT2D eigenvalue weighted by Gasteiger charge is -2.04. The van der Waals surface area contributed by atoms with Gasteiger partial charge in [-0.25, -0.2) is 4.79 Å². The third-order valence-corrected chi connectivity index (χ3v) is 3.39. The van der Waals surface area contributed by atoms with E-state index in [2.05, 4.69) is 0 Å². The number of hydrogen-bond donors (Lipinski definition) is 1. The monoisotopic (exact) mass is 330 g/mol. The molecule has 0 aliphatic heterocycles. The molecule has 2 aromatic carbocycles. The Kier molecular flexibility index (Phi) is 3.22. The number of benzene rings is 2. The number of hydrogen-bond acceptors (Lipinski definition) is 7. The maximum absolute atomic E-state index is 12.5. The number of carboxylic acids is 1. The molecule has 10 heteroatoms. The third-order valence-electron chi connectivity index (χ3n) is 3.39. The van der Waals surface area contributed by atoms with Gasteiger partial charge in [-0.3, -0.25) is 25.0 Å². The third kappa shape index (κ3) is 2.22. The van der Waals surface area contributed by atoms with Gasteiger partial charge in [0.2, 0.25) is 5.43 Å². The minimum Gasteiger partial charge on any atom is -0.478 e. The van der Waals surface area contributed by atoms with E-state index in [0.717, 1.165) is 24.3 Å². The van der Waals surface area contributed by atoms with Crippen molar-refractivity contribution in [3.05, 3.63) is 66.3 Å². The van der Waals surface area contributed by atoms with E-state index in [0.29, 0.717) is 0 Å². The molecule has 0 saturated heterocycles. The normalized spacial score (nSPS) is 10.8. The molecule has 0 radical (unpaired) electrons. The van der Waals surface area contributed by atoms with Crippen molar-refractivity contribution < 1.29 is 24.2 Å². The van der Waals surface area contributed by atoms with Gasteiger partial charge in [-0.15, -0.1) is 0 Å². The van der Waals surface area contributed by atoms with Crippen LogP contribution >= 0.6 is 0 Å². The summed E-state index contributed by atoms with van der Waals surface area (Å²) in [5.74, 6) is -1.51. The summed E-state index contributed by atoms with van der Waals surface area (Å²) in [6.07, 6.45) is 0. The number of non-ortho nitro benzene ring substituents is 2. The Morgan fingerprint density at radius 3 is 2.21 bits per heavy atom. The van der Waals surface area contributed by atoms with Gasteiger partial charge in [0.25, 0.3) is 11.4 Å². The fourth-order valence-corrected chi connectivity index (χ4v) is 2.31. The lowest BCUT2D eigenvalue weighted by atomic mass is 10.1. The molecular weight excluding hydrogens is 324 g/mol. The molecule has 1 N–H and O–H groups in total. The van der Waals surface area contributed by atoms with Crippen LogP contribution < -0.4 is 5.43 Å². The first-order valence-electron chi connectivity index (χ1n) is 6.36. The van der Waals surface area contributed by atoms with Gasteiger partial charge in [-0.1, -0.05) is 0 Å². The first-order chi connectivity index (χ1) is 11.3. The average molecular weight is 330 g/mol. The molecule has 3 aromatic rings. The Morgan fingerprint density at radius 2 is 1.62 bits per heavy atom. The molecule has 10 nitrogen and oxygen atoms in total. The molecule has 3 rings (SSSR count). The SMILES string of the molecule is O=C(O)c1cc([N+](=O)[O-])cc2c(=O)c3cc([N+](=O)[O-])ccc3oc12. The first kappa shape index (κ1) is 15.1. The highest BCUT2D eigenvalue weighted by atomic mass is 16.6. The molecule has 24 heavy (non-hydrogen) atoms. The van der Waals surface area contributed by atoms with E-state index >= 15 is 0 Å². The van der Waals surface area contributed by atoms with Crippen LogP contribution in [0.15, 0.2) is 39.5 Å². The summed E-state index contributed by atoms with van der Waals surface area (Å²) >= 11 is 0. The van der Waals surface area contributed by atoms with E-state index < -0.39 is 32.5 Å². The fourth-order valence-electron chi connectivity index (χ4n) is 2.31. The highest BCUT2D eigenvalue weighted by molar-refractivity contribution is 6.04. The Hall–Kier alpha value is -3.82. The van der Waals surface area contributed by atoms with Gasteiger partial charge in [0.15, 0.2) is 5.58 Å². The first-order valence-corrected chi connectivity index (χ1v) is 6.36. The second-order valence-electron chi connectivity index (χ2n) is 4.80. The topological polar surface area (TPSA) is 154 Å². The molecule has 0 bridgehead atoms. The smallest absolute Gasteiger partial charge is 0.339 e. The predicted molar refractivity (Wildman–Crippen MR) is 80.3 cm³/mol. The van der Waals surface area contributed by atoms with Gasteiger partial charge in [-0.05, 0) is 6.07 Å². The van der Waals surface area contributed by atoms with Gasteiger partial charge in [0, 0.05) is 24.3 Å². The van der Waals surface area contributed by atoms with Crippen molar-refractivity contribution in [3.63, 3.8) is 0 Å². The van der Waals surface area contributed by atoms with E-state index in [1.165, 1.54) is 6.07 Å². The van der Waals surface area contributed by atoms with Crippen LogP contribution in [0.25, 0.3) is 21.9 Å². The van der Waals surface area contributed by atoms with Crippen LogP contribution in [0, 0.1) is 20.2 Å². The molecule has 1 heterocycles. The van der Waals surface area contributed by atoms with Crippen molar-refractivity contribution in [3.8, 4) is 0 Å². The van der Waals surface area contributed by atoms with Crippen molar-refractivity contribution >= 4 is 39.3 Å². The zero-order chi connectivity index (χ0) is 17.6. The van der Waals surface area contributed by atoms with Crippen LogP contribution in [0.4, 0.5) is 11.4 Å². The van der Waals surface area contributed by atoms with Crippen molar-refractivity contribution in [2.24, 2.45) is 0 Å². The number of nitro benzene ring substituents is 2. The molecule has 0 aliphatic rings. The van der Waals surface area contributed by atoms with Crippen LogP contribution in [0.3, 0.4) is 0 Å². The van der Waals surface area contributed by atoms with Crippen LogP contribution in [0.5, 0.6) is 0 Å². The largest absolute Gasteiger partial charge is 0.478 e. The van der Waals surface area contributed by atoms with Crippen LogP contribution in [-0.4, -0.2) is 20.9 Å². The summed E-state index contributed by atoms with van der Waals surface area (Å²) in [5.41, 5.74) is -2.69. The molecule has 0 saturated carbocycles. The molecule has 0 atom stereocenters. The van der Waals surface area contributed by atoms with E-state index in [1.54, 1.807) is 0 Å². The molecule has 0 amide bonds. The summed E-state index contributed by atoms with van der Waals surface area (Å²) in [5, 5.41) is 30.4. The molecule has 0 aliphatic carbocycles. The van der Waals surface area contributed by atoms with Crippen molar-refractivity contribution in [2.75, 3.05) is 0 Å². The fraction of sp³-hybridized carbons (Fsp3) is 0. The number of carbonyl (C=O) groups is 1. The molecule has 1 aromatic heterocycles. The summed E-state index contributed by atoms with van der Waals surface area (Å²) in [6.45, 7) is 0. The molecule has 0 fully saturated rings. The highest BCUT2D eigenvalue weighted by Gasteiger charge is 2.22. The number of carboxylic acid groups (broad SMARTS) is 1. The van der Waals surface area contributed by atoms with Crippen molar-refractivity contribution in [1.82, 2.24) is 0 Å². The Bertz CT molecular complexity index is 1120. The van der Waals surface area contributed by atoms with Crippen molar-refractivity contribution in [2.45, 2.75) is 0 Å². The van der Waals surface area contributed by atoms with E-state index in [4.69, 9.17) is 4.42 Å². The van der Waals surface area contributed by atoms with Crippen LogP contribution in [0.2, 0.25) is 0 Å². The van der Waals surface area contributed by atoms with E-state index in [-0.39, 0.29) is 27.6 Å². The summed E-state index contributed by atoms with van der Waals surface area (Å²) in [4.78, 5) is 44.0. The lowest BCUT2D eigenvalue weighted by molar-refractivity contribution is -0.384. The number of nitrogens with zero attached hydrogens (tertiary/aromatic N) is 2. The standard InChI is InChI=1S/C14H6N2O8/c17-12-8-3-6(15(20)21)1-2-11(8)24-13-9(12)4-7(16(22)23)5-10(13)14(18)19/h1-5H,(H,18,19). The van der Waals surface area contributed by atoms with E-state index in [1.807, 2.05) is 0 Å². The zero-order valence-corrected chi connectivity index (χ0v) is 11.6. The van der Waals surface area contributed by atoms with Gasteiger partial charge in [-0.2, -0.15) is 0 Å². The number of rotatable bonds is 3. The number of nitro groups is 2. The van der Waals surface area contributed by atoms with Gasteiger partial charge in [0.1, 0.15) is 11.1 Å². The Labute approximate surface area is 130 Å². The summed E-state index contributed by atoms with van der Waals surface area (Å²) in [7, 11) is 0.